The smallest absolute Gasteiger partial charge is 0.0940 e. The van der Waals surface area contributed by atoms with Gasteiger partial charge in [-0.15, -0.1) is 11.3 Å². The zero-order valence-electron chi connectivity index (χ0n) is 7.10. The lowest BCUT2D eigenvalue weighted by Crippen LogP contribution is -1.79. The van der Waals surface area contributed by atoms with Gasteiger partial charge in [-0.3, -0.25) is 0 Å². The van der Waals surface area contributed by atoms with Crippen LogP contribution in [0.4, 0.5) is 0 Å². The molecule has 1 aromatic carbocycles. The number of benzene rings is 1. The Bertz CT molecular complexity index is 447. The van der Waals surface area contributed by atoms with Gasteiger partial charge < -0.3 is 0 Å². The van der Waals surface area contributed by atoms with E-state index in [4.69, 9.17) is 11.6 Å². The Hall–Kier alpha value is -0.0500. The number of hydrogen-bond donors (Lipinski definition) is 0. The molecule has 0 amide bonds. The minimum Gasteiger partial charge on any atom is -0.123 e. The lowest BCUT2D eigenvalue weighted by atomic mass is 10.1. The Morgan fingerprint density at radius 3 is 2.85 bits per heavy atom. The maximum absolute atomic E-state index is 5.96. The molecule has 0 atom stereocenters. The highest BCUT2D eigenvalue weighted by Crippen LogP contribution is 2.32. The summed E-state index contributed by atoms with van der Waals surface area (Å²) in [5, 5.41) is 2.15. The Morgan fingerprint density at radius 1 is 1.38 bits per heavy atom. The SMILES string of the molecule is Cc1cc(CBr)cc2cc(Cl)sc12. The van der Waals surface area contributed by atoms with E-state index < -0.39 is 0 Å². The van der Waals surface area contributed by atoms with Gasteiger partial charge in [0, 0.05) is 10.0 Å². The van der Waals surface area contributed by atoms with E-state index in [-0.39, 0.29) is 0 Å². The molecule has 0 spiro atoms. The van der Waals surface area contributed by atoms with Crippen LogP contribution in [0.5, 0.6) is 0 Å². The summed E-state index contributed by atoms with van der Waals surface area (Å²) in [6.45, 7) is 2.13. The average Bonchev–Trinajstić information content (AvgIpc) is 2.46. The van der Waals surface area contributed by atoms with Gasteiger partial charge in [-0.1, -0.05) is 33.6 Å². The Balaban J connectivity index is 2.75. The maximum Gasteiger partial charge on any atom is 0.0940 e. The van der Waals surface area contributed by atoms with E-state index in [2.05, 4.69) is 35.0 Å². The predicted octanol–water partition coefficient (Wildman–Crippen LogP) is 4.76. The quantitative estimate of drug-likeness (QED) is 0.658. The van der Waals surface area contributed by atoms with Crippen molar-refractivity contribution in [2.45, 2.75) is 12.3 Å². The summed E-state index contributed by atoms with van der Waals surface area (Å²) in [4.78, 5) is 0. The summed E-state index contributed by atoms with van der Waals surface area (Å²) >= 11 is 11.1. The second kappa shape index (κ2) is 3.60. The molecule has 0 radical (unpaired) electrons. The maximum atomic E-state index is 5.96. The minimum absolute atomic E-state index is 0.866. The summed E-state index contributed by atoms with van der Waals surface area (Å²) in [5.74, 6) is 0. The lowest BCUT2D eigenvalue weighted by molar-refractivity contribution is 1.42. The number of aryl methyl sites for hydroxylation is 1. The van der Waals surface area contributed by atoms with Gasteiger partial charge in [-0.25, -0.2) is 0 Å². The van der Waals surface area contributed by atoms with E-state index >= 15 is 0 Å². The van der Waals surface area contributed by atoms with Gasteiger partial charge >= 0.3 is 0 Å². The van der Waals surface area contributed by atoms with Crippen LogP contribution in [0.3, 0.4) is 0 Å². The molecule has 0 fully saturated rings. The summed E-state index contributed by atoms with van der Waals surface area (Å²) < 4.78 is 2.17. The number of rotatable bonds is 1. The molecular formula is C10H8BrClS. The van der Waals surface area contributed by atoms with Gasteiger partial charge in [-0.2, -0.15) is 0 Å². The highest BCUT2D eigenvalue weighted by Gasteiger charge is 2.04. The van der Waals surface area contributed by atoms with E-state index in [1.54, 1.807) is 11.3 Å². The van der Waals surface area contributed by atoms with Gasteiger partial charge in [0.05, 0.1) is 4.34 Å². The Labute approximate surface area is 94.7 Å². The first-order valence-corrected chi connectivity index (χ1v) is 6.27. The minimum atomic E-state index is 0.866. The van der Waals surface area contributed by atoms with Gasteiger partial charge in [0.25, 0.3) is 0 Å². The van der Waals surface area contributed by atoms with E-state index in [0.717, 1.165) is 9.67 Å². The van der Waals surface area contributed by atoms with Crippen LogP contribution >= 0.6 is 38.9 Å². The summed E-state index contributed by atoms with van der Waals surface area (Å²) in [7, 11) is 0. The van der Waals surface area contributed by atoms with Crippen LogP contribution in [-0.2, 0) is 5.33 Å². The summed E-state index contributed by atoms with van der Waals surface area (Å²) in [6.07, 6.45) is 0. The van der Waals surface area contributed by atoms with Crippen LogP contribution in [-0.4, -0.2) is 0 Å². The van der Waals surface area contributed by atoms with Crippen molar-refractivity contribution < 1.29 is 0 Å². The monoisotopic (exact) mass is 274 g/mol. The van der Waals surface area contributed by atoms with Gasteiger partial charge in [0.1, 0.15) is 0 Å². The average molecular weight is 276 g/mol. The molecule has 2 rings (SSSR count). The highest BCUT2D eigenvalue weighted by molar-refractivity contribution is 9.08. The highest BCUT2D eigenvalue weighted by atomic mass is 79.9. The van der Waals surface area contributed by atoms with Gasteiger partial charge in [0.2, 0.25) is 0 Å². The molecule has 68 valence electrons. The number of hydrogen-bond acceptors (Lipinski definition) is 1. The first kappa shape index (κ1) is 9.50. The normalized spacial score (nSPS) is 11.0. The van der Waals surface area contributed by atoms with E-state index in [0.29, 0.717) is 0 Å². The molecule has 0 aliphatic heterocycles. The van der Waals surface area contributed by atoms with Crippen LogP contribution in [0.25, 0.3) is 10.1 Å². The third kappa shape index (κ3) is 1.76. The van der Waals surface area contributed by atoms with Crippen LogP contribution < -0.4 is 0 Å². The second-order valence-electron chi connectivity index (χ2n) is 3.02. The first-order chi connectivity index (χ1) is 6.20. The molecule has 3 heteroatoms. The van der Waals surface area contributed by atoms with E-state index in [9.17, 15) is 0 Å². The molecule has 13 heavy (non-hydrogen) atoms. The molecule has 0 saturated carbocycles. The van der Waals surface area contributed by atoms with Crippen molar-refractivity contribution >= 4 is 49.0 Å². The number of alkyl halides is 1. The number of fused-ring (bicyclic) bond motifs is 1. The Kier molecular flexibility index (Phi) is 2.63. The molecule has 2 aromatic rings. The van der Waals surface area contributed by atoms with Crippen LogP contribution in [0.2, 0.25) is 4.34 Å². The van der Waals surface area contributed by atoms with Crippen molar-refractivity contribution in [3.05, 3.63) is 33.7 Å². The third-order valence-electron chi connectivity index (χ3n) is 1.99. The fourth-order valence-electron chi connectivity index (χ4n) is 1.45. The molecule has 0 aliphatic carbocycles. The Morgan fingerprint density at radius 2 is 2.15 bits per heavy atom. The molecule has 0 nitrogen and oxygen atoms in total. The number of halogens is 2. The molecule has 0 unspecified atom stereocenters. The fraction of sp³-hybridized carbons (Fsp3) is 0.200. The summed E-state index contributed by atoms with van der Waals surface area (Å²) in [6, 6.07) is 6.41. The fourth-order valence-corrected chi connectivity index (χ4v) is 2.96. The largest absolute Gasteiger partial charge is 0.123 e. The number of thiophene rings is 1. The van der Waals surface area contributed by atoms with Crippen molar-refractivity contribution in [1.82, 2.24) is 0 Å². The van der Waals surface area contributed by atoms with Crippen LogP contribution in [0.1, 0.15) is 11.1 Å². The van der Waals surface area contributed by atoms with Crippen molar-refractivity contribution in [1.29, 1.82) is 0 Å². The van der Waals surface area contributed by atoms with E-state index in [1.165, 1.54) is 21.2 Å². The van der Waals surface area contributed by atoms with Crippen LogP contribution in [0, 0.1) is 6.92 Å². The lowest BCUT2D eigenvalue weighted by Gasteiger charge is -1.99. The van der Waals surface area contributed by atoms with Gasteiger partial charge in [-0.05, 0) is 35.6 Å². The standard InChI is InChI=1S/C10H8BrClS/c1-6-2-7(5-11)3-8-4-9(12)13-10(6)8/h2-4H,5H2,1H3. The van der Waals surface area contributed by atoms with E-state index in [1.807, 2.05) is 6.07 Å². The summed E-state index contributed by atoms with van der Waals surface area (Å²) in [5.41, 5.74) is 2.61. The molecule has 0 bridgehead atoms. The van der Waals surface area contributed by atoms with Crippen molar-refractivity contribution in [3.63, 3.8) is 0 Å². The van der Waals surface area contributed by atoms with Gasteiger partial charge in [0.15, 0.2) is 0 Å². The van der Waals surface area contributed by atoms with Crippen molar-refractivity contribution in [2.75, 3.05) is 0 Å². The molecule has 0 aliphatic rings. The molecule has 1 aromatic heterocycles. The third-order valence-corrected chi connectivity index (χ3v) is 4.05. The molecule has 1 heterocycles. The molecule has 0 N–H and O–H groups in total. The zero-order valence-corrected chi connectivity index (χ0v) is 10.3. The predicted molar refractivity (Wildman–Crippen MR) is 64.2 cm³/mol. The van der Waals surface area contributed by atoms with Crippen LogP contribution in [0.15, 0.2) is 18.2 Å². The second-order valence-corrected chi connectivity index (χ2v) is 5.26. The zero-order chi connectivity index (χ0) is 9.42. The molecular weight excluding hydrogens is 268 g/mol. The molecule has 0 saturated heterocycles. The van der Waals surface area contributed by atoms with Crippen molar-refractivity contribution in [3.8, 4) is 0 Å². The first-order valence-electron chi connectivity index (χ1n) is 3.95. The topological polar surface area (TPSA) is 0 Å². The van der Waals surface area contributed by atoms with Crippen molar-refractivity contribution in [2.24, 2.45) is 0 Å².